The largest absolute Gasteiger partial charge is 0.465 e. The SMILES string of the molecule is COC(=O)c1ccccc1NC(=O)CSc1n[nH]c(C(C)C)n1. The number of H-pyrrole nitrogens is 1. The van der Waals surface area contributed by atoms with Crippen LogP contribution in [0.25, 0.3) is 0 Å². The zero-order valence-corrected chi connectivity index (χ0v) is 13.9. The van der Waals surface area contributed by atoms with Gasteiger partial charge in [-0.25, -0.2) is 9.78 Å². The van der Waals surface area contributed by atoms with Gasteiger partial charge in [0.2, 0.25) is 11.1 Å². The number of methoxy groups -OCH3 is 1. The van der Waals surface area contributed by atoms with Crippen LogP contribution in [0.3, 0.4) is 0 Å². The molecule has 0 saturated heterocycles. The molecule has 0 aliphatic carbocycles. The van der Waals surface area contributed by atoms with Crippen LogP contribution < -0.4 is 5.32 Å². The van der Waals surface area contributed by atoms with E-state index in [2.05, 4.69) is 20.5 Å². The Bertz CT molecular complexity index is 700. The predicted octanol–water partition coefficient (Wildman–Crippen LogP) is 2.45. The molecular formula is C15H18N4O3S. The predicted molar refractivity (Wildman–Crippen MR) is 87.6 cm³/mol. The molecule has 0 bridgehead atoms. The highest BCUT2D eigenvalue weighted by atomic mass is 32.2. The molecule has 0 radical (unpaired) electrons. The number of hydrogen-bond donors (Lipinski definition) is 2. The van der Waals surface area contributed by atoms with Crippen molar-refractivity contribution in [3.05, 3.63) is 35.7 Å². The van der Waals surface area contributed by atoms with Gasteiger partial charge < -0.3 is 10.1 Å². The molecule has 1 aromatic carbocycles. The number of benzene rings is 1. The number of aromatic amines is 1. The molecule has 0 saturated carbocycles. The van der Waals surface area contributed by atoms with Crippen LogP contribution in [0.1, 0.15) is 35.9 Å². The molecule has 1 heterocycles. The Balaban J connectivity index is 1.96. The van der Waals surface area contributed by atoms with Crippen LogP contribution in [-0.4, -0.2) is 39.9 Å². The first-order chi connectivity index (χ1) is 11.0. The molecule has 2 rings (SSSR count). The molecule has 2 aromatic rings. The van der Waals surface area contributed by atoms with Crippen molar-refractivity contribution < 1.29 is 14.3 Å². The third kappa shape index (κ3) is 4.56. The highest BCUT2D eigenvalue weighted by molar-refractivity contribution is 7.99. The number of carbonyl (C=O) groups excluding carboxylic acids is 2. The summed E-state index contributed by atoms with van der Waals surface area (Å²) in [6.45, 7) is 4.01. The fraction of sp³-hybridized carbons (Fsp3) is 0.333. The van der Waals surface area contributed by atoms with Crippen molar-refractivity contribution in [1.29, 1.82) is 0 Å². The number of esters is 1. The van der Waals surface area contributed by atoms with E-state index in [0.717, 1.165) is 5.82 Å². The normalized spacial score (nSPS) is 10.6. The molecule has 8 heteroatoms. The minimum absolute atomic E-state index is 0.144. The number of anilines is 1. The van der Waals surface area contributed by atoms with Gasteiger partial charge in [-0.15, -0.1) is 5.10 Å². The van der Waals surface area contributed by atoms with Crippen molar-refractivity contribution in [3.63, 3.8) is 0 Å². The summed E-state index contributed by atoms with van der Waals surface area (Å²) in [7, 11) is 1.30. The lowest BCUT2D eigenvalue weighted by Gasteiger charge is -2.08. The van der Waals surface area contributed by atoms with E-state index >= 15 is 0 Å². The van der Waals surface area contributed by atoms with Gasteiger partial charge in [0.1, 0.15) is 5.82 Å². The Morgan fingerprint density at radius 2 is 2.09 bits per heavy atom. The third-order valence-electron chi connectivity index (χ3n) is 2.97. The second kappa shape index (κ2) is 7.77. The monoisotopic (exact) mass is 334 g/mol. The highest BCUT2D eigenvalue weighted by Crippen LogP contribution is 2.19. The number of thioether (sulfide) groups is 1. The fourth-order valence-electron chi connectivity index (χ4n) is 1.78. The molecule has 0 atom stereocenters. The number of para-hydroxylation sites is 1. The maximum atomic E-state index is 12.0. The first kappa shape index (κ1) is 17.0. The van der Waals surface area contributed by atoms with Crippen LogP contribution >= 0.6 is 11.8 Å². The van der Waals surface area contributed by atoms with E-state index in [1.807, 2.05) is 13.8 Å². The van der Waals surface area contributed by atoms with Crippen molar-refractivity contribution in [2.45, 2.75) is 24.9 Å². The zero-order chi connectivity index (χ0) is 16.8. The van der Waals surface area contributed by atoms with E-state index in [-0.39, 0.29) is 17.6 Å². The van der Waals surface area contributed by atoms with Crippen LogP contribution in [0.4, 0.5) is 5.69 Å². The molecular weight excluding hydrogens is 316 g/mol. The molecule has 1 amide bonds. The highest BCUT2D eigenvalue weighted by Gasteiger charge is 2.14. The van der Waals surface area contributed by atoms with E-state index < -0.39 is 5.97 Å². The Kier molecular flexibility index (Phi) is 5.75. The number of carbonyl (C=O) groups is 2. The molecule has 7 nitrogen and oxygen atoms in total. The van der Waals surface area contributed by atoms with E-state index in [9.17, 15) is 9.59 Å². The van der Waals surface area contributed by atoms with Crippen molar-refractivity contribution >= 4 is 29.3 Å². The average molecular weight is 334 g/mol. The minimum Gasteiger partial charge on any atom is -0.465 e. The summed E-state index contributed by atoms with van der Waals surface area (Å²) in [6, 6.07) is 6.69. The average Bonchev–Trinajstić information content (AvgIpc) is 3.02. The van der Waals surface area contributed by atoms with Gasteiger partial charge >= 0.3 is 5.97 Å². The second-order valence-corrected chi connectivity index (χ2v) is 5.97. The lowest BCUT2D eigenvalue weighted by molar-refractivity contribution is -0.113. The summed E-state index contributed by atoms with van der Waals surface area (Å²) >= 11 is 1.22. The van der Waals surface area contributed by atoms with Crippen molar-refractivity contribution in [2.24, 2.45) is 0 Å². The Labute approximate surface area is 138 Å². The molecule has 0 unspecified atom stereocenters. The summed E-state index contributed by atoms with van der Waals surface area (Å²) in [5.74, 6) is 0.429. The van der Waals surface area contributed by atoms with E-state index in [4.69, 9.17) is 4.74 Å². The van der Waals surface area contributed by atoms with Gasteiger partial charge in [0.25, 0.3) is 0 Å². The number of rotatable bonds is 6. The summed E-state index contributed by atoms with van der Waals surface area (Å²) < 4.78 is 4.69. The second-order valence-electron chi connectivity index (χ2n) is 5.03. The minimum atomic E-state index is -0.496. The number of hydrogen-bond acceptors (Lipinski definition) is 6. The zero-order valence-electron chi connectivity index (χ0n) is 13.1. The van der Waals surface area contributed by atoms with Gasteiger partial charge in [0.15, 0.2) is 0 Å². The topological polar surface area (TPSA) is 97.0 Å². The van der Waals surface area contributed by atoms with E-state index in [1.54, 1.807) is 24.3 Å². The van der Waals surface area contributed by atoms with Gasteiger partial charge in [-0.3, -0.25) is 9.89 Å². The van der Waals surface area contributed by atoms with Gasteiger partial charge in [0.05, 0.1) is 24.1 Å². The quantitative estimate of drug-likeness (QED) is 0.622. The van der Waals surface area contributed by atoms with Crippen LogP contribution in [0.5, 0.6) is 0 Å². The molecule has 2 N–H and O–H groups in total. The smallest absolute Gasteiger partial charge is 0.339 e. The number of aromatic nitrogens is 3. The summed E-state index contributed by atoms with van der Waals surface area (Å²) in [5, 5.41) is 10.1. The number of nitrogens with one attached hydrogen (secondary N) is 2. The first-order valence-corrected chi connectivity index (χ1v) is 8.02. The van der Waals surface area contributed by atoms with Crippen LogP contribution in [0.15, 0.2) is 29.4 Å². The summed E-state index contributed by atoms with van der Waals surface area (Å²) in [4.78, 5) is 28.0. The summed E-state index contributed by atoms with van der Waals surface area (Å²) in [6.07, 6.45) is 0. The molecule has 0 spiro atoms. The number of amides is 1. The molecule has 0 aliphatic rings. The van der Waals surface area contributed by atoms with Crippen molar-refractivity contribution in [3.8, 4) is 0 Å². The summed E-state index contributed by atoms with van der Waals surface area (Å²) in [5.41, 5.74) is 0.733. The van der Waals surface area contributed by atoms with Gasteiger partial charge in [-0.05, 0) is 12.1 Å². The Morgan fingerprint density at radius 1 is 1.35 bits per heavy atom. The number of nitrogens with zero attached hydrogens (tertiary/aromatic N) is 2. The molecule has 1 aromatic heterocycles. The van der Waals surface area contributed by atoms with Gasteiger partial charge in [0, 0.05) is 5.92 Å². The van der Waals surface area contributed by atoms with E-state index in [1.165, 1.54) is 18.9 Å². The third-order valence-corrected chi connectivity index (χ3v) is 3.82. The maximum Gasteiger partial charge on any atom is 0.339 e. The lowest BCUT2D eigenvalue weighted by Crippen LogP contribution is -2.17. The van der Waals surface area contributed by atoms with Crippen LogP contribution in [0, 0.1) is 0 Å². The lowest BCUT2D eigenvalue weighted by atomic mass is 10.2. The Hall–Kier alpha value is -2.35. The van der Waals surface area contributed by atoms with Crippen molar-refractivity contribution in [2.75, 3.05) is 18.2 Å². The standard InChI is InChI=1S/C15H18N4O3S/c1-9(2)13-17-15(19-18-13)23-8-12(20)16-11-7-5-4-6-10(11)14(21)22-3/h4-7,9H,8H2,1-3H3,(H,16,20)(H,17,18,19). The molecule has 0 aliphatic heterocycles. The van der Waals surface area contributed by atoms with Crippen molar-refractivity contribution in [1.82, 2.24) is 15.2 Å². The molecule has 23 heavy (non-hydrogen) atoms. The molecule has 122 valence electrons. The van der Waals surface area contributed by atoms with Crippen LogP contribution in [0.2, 0.25) is 0 Å². The fourth-order valence-corrected chi connectivity index (χ4v) is 2.38. The van der Waals surface area contributed by atoms with E-state index in [0.29, 0.717) is 16.4 Å². The van der Waals surface area contributed by atoms with Crippen LogP contribution in [-0.2, 0) is 9.53 Å². The maximum absolute atomic E-state index is 12.0. The number of ether oxygens (including phenoxy) is 1. The molecule has 0 fully saturated rings. The van der Waals surface area contributed by atoms with Gasteiger partial charge in [-0.2, -0.15) is 0 Å². The Morgan fingerprint density at radius 3 is 2.74 bits per heavy atom. The first-order valence-electron chi connectivity index (χ1n) is 7.03. The van der Waals surface area contributed by atoms with Gasteiger partial charge in [-0.1, -0.05) is 37.7 Å².